The lowest BCUT2D eigenvalue weighted by Gasteiger charge is -2.12. The monoisotopic (exact) mass is 264 g/mol. The van der Waals surface area contributed by atoms with Gasteiger partial charge in [0.15, 0.2) is 0 Å². The highest BCUT2D eigenvalue weighted by molar-refractivity contribution is 5.99. The van der Waals surface area contributed by atoms with E-state index in [0.29, 0.717) is 30.5 Å². The third kappa shape index (κ3) is 3.90. The summed E-state index contributed by atoms with van der Waals surface area (Å²) in [5.74, 6) is 5.15. The summed E-state index contributed by atoms with van der Waals surface area (Å²) in [4.78, 5) is 15.8. The van der Waals surface area contributed by atoms with Gasteiger partial charge in [0.25, 0.3) is 5.91 Å². The van der Waals surface area contributed by atoms with Crippen molar-refractivity contribution in [1.29, 1.82) is 0 Å². The second-order valence-corrected chi connectivity index (χ2v) is 4.60. The van der Waals surface area contributed by atoms with Crippen LogP contribution in [0.15, 0.2) is 18.5 Å². The Kier molecular flexibility index (Phi) is 5.11. The summed E-state index contributed by atoms with van der Waals surface area (Å²) in [5.41, 5.74) is 3.48. The molecule has 0 radical (unpaired) electrons. The quantitative estimate of drug-likeness (QED) is 0.406. The molecule has 1 aromatic rings. The van der Waals surface area contributed by atoms with E-state index >= 15 is 0 Å². The standard InChI is InChI=1S/C13H20N4O2/c14-17-12-5-6-15-9-11(12)13(18)16-7-8-19-10-3-1-2-4-10/h5-6,9-10H,1-4,7-8,14H2,(H,15,17)(H,16,18). The van der Waals surface area contributed by atoms with E-state index < -0.39 is 0 Å². The van der Waals surface area contributed by atoms with E-state index in [1.54, 1.807) is 12.3 Å². The lowest BCUT2D eigenvalue weighted by atomic mass is 10.2. The van der Waals surface area contributed by atoms with Crippen LogP contribution in [0.25, 0.3) is 0 Å². The van der Waals surface area contributed by atoms with Gasteiger partial charge in [-0.25, -0.2) is 0 Å². The van der Waals surface area contributed by atoms with Crippen LogP contribution in [0, 0.1) is 0 Å². The Morgan fingerprint density at radius 1 is 1.47 bits per heavy atom. The van der Waals surface area contributed by atoms with Crippen molar-refractivity contribution >= 4 is 11.6 Å². The molecule has 1 aromatic heterocycles. The number of hydrogen-bond donors (Lipinski definition) is 3. The van der Waals surface area contributed by atoms with Gasteiger partial charge in [-0.15, -0.1) is 0 Å². The Bertz CT molecular complexity index is 419. The first-order chi connectivity index (χ1) is 9.31. The number of ether oxygens (including phenoxy) is 1. The minimum absolute atomic E-state index is 0.198. The molecular formula is C13H20N4O2. The summed E-state index contributed by atoms with van der Waals surface area (Å²) in [5, 5.41) is 2.80. The molecule has 4 N–H and O–H groups in total. The maximum Gasteiger partial charge on any atom is 0.255 e. The molecule has 0 aromatic carbocycles. The van der Waals surface area contributed by atoms with E-state index in [4.69, 9.17) is 10.6 Å². The molecule has 1 fully saturated rings. The number of anilines is 1. The molecule has 2 rings (SSSR count). The molecule has 0 aliphatic heterocycles. The van der Waals surface area contributed by atoms with Gasteiger partial charge >= 0.3 is 0 Å². The number of hydrazine groups is 1. The van der Waals surface area contributed by atoms with Gasteiger partial charge in [0.1, 0.15) is 0 Å². The molecule has 1 amide bonds. The molecular weight excluding hydrogens is 244 g/mol. The highest BCUT2D eigenvalue weighted by atomic mass is 16.5. The summed E-state index contributed by atoms with van der Waals surface area (Å²) >= 11 is 0. The molecule has 104 valence electrons. The molecule has 0 unspecified atom stereocenters. The first-order valence-corrected chi connectivity index (χ1v) is 6.61. The number of nitrogens with two attached hydrogens (primary N) is 1. The number of nitrogen functional groups attached to an aromatic ring is 1. The van der Waals surface area contributed by atoms with Crippen LogP contribution in [-0.2, 0) is 4.74 Å². The van der Waals surface area contributed by atoms with Crippen molar-refractivity contribution in [2.24, 2.45) is 5.84 Å². The maximum atomic E-state index is 11.9. The lowest BCUT2D eigenvalue weighted by molar-refractivity contribution is 0.0582. The van der Waals surface area contributed by atoms with Crippen LogP contribution in [0.1, 0.15) is 36.0 Å². The van der Waals surface area contributed by atoms with E-state index in [0.717, 1.165) is 12.8 Å². The van der Waals surface area contributed by atoms with Gasteiger partial charge < -0.3 is 15.5 Å². The van der Waals surface area contributed by atoms with Crippen LogP contribution in [0.4, 0.5) is 5.69 Å². The highest BCUT2D eigenvalue weighted by Crippen LogP contribution is 2.20. The Balaban J connectivity index is 1.74. The summed E-state index contributed by atoms with van der Waals surface area (Å²) in [6, 6.07) is 1.66. The molecule has 0 bridgehead atoms. The molecule has 1 aliphatic rings. The zero-order valence-electron chi connectivity index (χ0n) is 10.9. The van der Waals surface area contributed by atoms with Crippen molar-refractivity contribution in [3.63, 3.8) is 0 Å². The fourth-order valence-corrected chi connectivity index (χ4v) is 2.24. The van der Waals surface area contributed by atoms with Gasteiger partial charge in [-0.2, -0.15) is 0 Å². The first-order valence-electron chi connectivity index (χ1n) is 6.61. The Morgan fingerprint density at radius 2 is 2.26 bits per heavy atom. The summed E-state index contributed by atoms with van der Waals surface area (Å²) < 4.78 is 5.68. The highest BCUT2D eigenvalue weighted by Gasteiger charge is 2.15. The molecule has 1 aliphatic carbocycles. The van der Waals surface area contributed by atoms with Gasteiger partial charge in [-0.1, -0.05) is 12.8 Å². The van der Waals surface area contributed by atoms with Crippen LogP contribution in [0.3, 0.4) is 0 Å². The average Bonchev–Trinajstić information content (AvgIpc) is 2.96. The van der Waals surface area contributed by atoms with Gasteiger partial charge in [0.05, 0.1) is 24.0 Å². The second-order valence-electron chi connectivity index (χ2n) is 4.60. The van der Waals surface area contributed by atoms with Crippen LogP contribution < -0.4 is 16.6 Å². The fraction of sp³-hybridized carbons (Fsp3) is 0.538. The van der Waals surface area contributed by atoms with Gasteiger partial charge in [-0.05, 0) is 18.9 Å². The van der Waals surface area contributed by atoms with E-state index in [1.807, 2.05) is 0 Å². The molecule has 6 heteroatoms. The fourth-order valence-electron chi connectivity index (χ4n) is 2.24. The van der Waals surface area contributed by atoms with E-state index in [-0.39, 0.29) is 5.91 Å². The van der Waals surface area contributed by atoms with E-state index in [9.17, 15) is 4.79 Å². The number of amides is 1. The van der Waals surface area contributed by atoms with Gasteiger partial charge in [0, 0.05) is 18.9 Å². The third-order valence-electron chi connectivity index (χ3n) is 3.26. The normalized spacial score (nSPS) is 15.4. The molecule has 0 atom stereocenters. The minimum Gasteiger partial charge on any atom is -0.376 e. The maximum absolute atomic E-state index is 11.9. The van der Waals surface area contributed by atoms with E-state index in [1.165, 1.54) is 19.0 Å². The second kappa shape index (κ2) is 7.06. The number of carbonyl (C=O) groups excluding carboxylic acids is 1. The van der Waals surface area contributed by atoms with Crippen LogP contribution >= 0.6 is 0 Å². The van der Waals surface area contributed by atoms with Crippen LogP contribution in [0.2, 0.25) is 0 Å². The predicted octanol–water partition coefficient (Wildman–Crippen LogP) is 1.06. The smallest absolute Gasteiger partial charge is 0.255 e. The number of hydrogen-bond acceptors (Lipinski definition) is 5. The van der Waals surface area contributed by atoms with Gasteiger partial charge in [-0.3, -0.25) is 15.6 Å². The van der Waals surface area contributed by atoms with Crippen molar-refractivity contribution in [2.75, 3.05) is 18.6 Å². The molecule has 0 saturated heterocycles. The first kappa shape index (κ1) is 13.8. The molecule has 1 heterocycles. The molecule has 1 saturated carbocycles. The minimum atomic E-state index is -0.198. The number of rotatable bonds is 6. The Morgan fingerprint density at radius 3 is 3.00 bits per heavy atom. The number of pyridine rings is 1. The Hall–Kier alpha value is -1.66. The molecule has 0 spiro atoms. The summed E-state index contributed by atoms with van der Waals surface area (Å²) in [6.45, 7) is 1.04. The number of aromatic nitrogens is 1. The largest absolute Gasteiger partial charge is 0.376 e. The Labute approximate surface area is 112 Å². The van der Waals surface area contributed by atoms with Crippen molar-refractivity contribution in [2.45, 2.75) is 31.8 Å². The number of carbonyl (C=O) groups is 1. The average molecular weight is 264 g/mol. The SMILES string of the molecule is NNc1ccncc1C(=O)NCCOC1CCCC1. The zero-order chi connectivity index (χ0) is 13.5. The molecule has 6 nitrogen and oxygen atoms in total. The summed E-state index contributed by atoms with van der Waals surface area (Å²) in [6.07, 6.45) is 8.21. The van der Waals surface area contributed by atoms with E-state index in [2.05, 4.69) is 15.7 Å². The van der Waals surface area contributed by atoms with Crippen LogP contribution in [-0.4, -0.2) is 30.1 Å². The number of nitrogens with zero attached hydrogens (tertiary/aromatic N) is 1. The zero-order valence-corrected chi connectivity index (χ0v) is 10.9. The third-order valence-corrected chi connectivity index (χ3v) is 3.26. The predicted molar refractivity (Wildman–Crippen MR) is 72.6 cm³/mol. The van der Waals surface area contributed by atoms with Crippen molar-refractivity contribution in [1.82, 2.24) is 10.3 Å². The lowest BCUT2D eigenvalue weighted by Crippen LogP contribution is -2.29. The molecule has 19 heavy (non-hydrogen) atoms. The van der Waals surface area contributed by atoms with Crippen molar-refractivity contribution < 1.29 is 9.53 Å². The van der Waals surface area contributed by atoms with Crippen molar-refractivity contribution in [3.8, 4) is 0 Å². The van der Waals surface area contributed by atoms with Crippen LogP contribution in [0.5, 0.6) is 0 Å². The van der Waals surface area contributed by atoms with Crippen molar-refractivity contribution in [3.05, 3.63) is 24.0 Å². The summed E-state index contributed by atoms with van der Waals surface area (Å²) in [7, 11) is 0. The number of nitrogens with one attached hydrogen (secondary N) is 2. The van der Waals surface area contributed by atoms with Gasteiger partial charge in [0.2, 0.25) is 0 Å². The topological polar surface area (TPSA) is 89.3 Å².